The summed E-state index contributed by atoms with van der Waals surface area (Å²) in [4.78, 5) is 2.58. The Morgan fingerprint density at radius 1 is 1.11 bits per heavy atom. The van der Waals surface area contributed by atoms with E-state index in [0.717, 1.165) is 12.5 Å². The molecule has 2 heteroatoms. The van der Waals surface area contributed by atoms with Gasteiger partial charge >= 0.3 is 0 Å². The second kappa shape index (κ2) is 6.06. The van der Waals surface area contributed by atoms with Crippen LogP contribution in [0.15, 0.2) is 12.1 Å². The molecule has 0 amide bonds. The highest BCUT2D eigenvalue weighted by atomic mass is 15.1. The summed E-state index contributed by atoms with van der Waals surface area (Å²) < 4.78 is 0. The van der Waals surface area contributed by atoms with E-state index in [0.29, 0.717) is 6.04 Å². The fourth-order valence-electron chi connectivity index (χ4n) is 3.07. The van der Waals surface area contributed by atoms with Gasteiger partial charge in [-0.15, -0.1) is 0 Å². The third kappa shape index (κ3) is 3.58. The van der Waals surface area contributed by atoms with Crippen molar-refractivity contribution in [1.29, 1.82) is 0 Å². The van der Waals surface area contributed by atoms with Gasteiger partial charge in [-0.05, 0) is 81.8 Å². The summed E-state index contributed by atoms with van der Waals surface area (Å²) in [7, 11) is 0. The summed E-state index contributed by atoms with van der Waals surface area (Å²) >= 11 is 0. The van der Waals surface area contributed by atoms with Crippen molar-refractivity contribution in [3.05, 3.63) is 34.4 Å². The molecule has 2 N–H and O–H groups in total. The van der Waals surface area contributed by atoms with Gasteiger partial charge in [-0.1, -0.05) is 12.1 Å². The van der Waals surface area contributed by atoms with Crippen LogP contribution in [0.5, 0.6) is 0 Å². The fraction of sp³-hybridized carbons (Fsp3) is 0.647. The van der Waals surface area contributed by atoms with Crippen LogP contribution >= 0.6 is 0 Å². The van der Waals surface area contributed by atoms with E-state index < -0.39 is 0 Å². The van der Waals surface area contributed by atoms with Crippen LogP contribution in [0.3, 0.4) is 0 Å². The lowest BCUT2D eigenvalue weighted by Gasteiger charge is -2.34. The highest BCUT2D eigenvalue weighted by Crippen LogP contribution is 2.23. The van der Waals surface area contributed by atoms with Crippen molar-refractivity contribution >= 4 is 0 Å². The van der Waals surface area contributed by atoms with Crippen molar-refractivity contribution in [2.75, 3.05) is 13.1 Å². The number of likely N-dealkylation sites (tertiary alicyclic amines) is 1. The zero-order chi connectivity index (χ0) is 14.0. The highest BCUT2D eigenvalue weighted by molar-refractivity contribution is 5.36. The first-order chi connectivity index (χ1) is 8.97. The number of aryl methyl sites for hydroxylation is 3. The van der Waals surface area contributed by atoms with Crippen molar-refractivity contribution in [1.82, 2.24) is 4.90 Å². The fourth-order valence-corrected chi connectivity index (χ4v) is 3.07. The molecule has 0 aliphatic carbocycles. The average molecular weight is 260 g/mol. The van der Waals surface area contributed by atoms with Crippen molar-refractivity contribution in [2.45, 2.75) is 53.1 Å². The Balaban J connectivity index is 1.98. The average Bonchev–Trinajstić information content (AvgIpc) is 2.36. The molecule has 1 saturated heterocycles. The molecule has 1 aromatic carbocycles. The summed E-state index contributed by atoms with van der Waals surface area (Å²) in [5.74, 6) is 0.720. The minimum Gasteiger partial charge on any atom is -0.328 e. The van der Waals surface area contributed by atoms with E-state index in [1.807, 2.05) is 0 Å². The quantitative estimate of drug-likeness (QED) is 0.904. The molecule has 0 radical (unpaired) electrons. The first-order valence-electron chi connectivity index (χ1n) is 7.52. The summed E-state index contributed by atoms with van der Waals surface area (Å²) in [6.45, 7) is 12.3. The van der Waals surface area contributed by atoms with E-state index >= 15 is 0 Å². The normalized spacial score (nSPS) is 19.6. The Labute approximate surface area is 118 Å². The molecular formula is C17H28N2. The molecule has 1 atom stereocenters. The third-order valence-electron chi connectivity index (χ3n) is 4.72. The monoisotopic (exact) mass is 260 g/mol. The van der Waals surface area contributed by atoms with Gasteiger partial charge in [0.2, 0.25) is 0 Å². The minimum atomic E-state index is 0.352. The van der Waals surface area contributed by atoms with Crippen LogP contribution in [0.1, 0.15) is 42.0 Å². The van der Waals surface area contributed by atoms with Gasteiger partial charge in [0.05, 0.1) is 0 Å². The molecule has 0 aromatic heterocycles. The van der Waals surface area contributed by atoms with E-state index in [1.165, 1.54) is 48.2 Å². The smallest absolute Gasteiger partial charge is 0.0236 e. The maximum absolute atomic E-state index is 6.01. The van der Waals surface area contributed by atoms with Gasteiger partial charge in [0.1, 0.15) is 0 Å². The van der Waals surface area contributed by atoms with Crippen molar-refractivity contribution < 1.29 is 0 Å². The van der Waals surface area contributed by atoms with Crippen LogP contribution in [-0.4, -0.2) is 24.0 Å². The Bertz CT molecular complexity index is 429. The van der Waals surface area contributed by atoms with Gasteiger partial charge in [0, 0.05) is 12.6 Å². The zero-order valence-corrected chi connectivity index (χ0v) is 12.9. The molecule has 1 unspecified atom stereocenters. The maximum Gasteiger partial charge on any atom is 0.0236 e. The molecule has 19 heavy (non-hydrogen) atoms. The number of nitrogens with two attached hydrogens (primary N) is 1. The number of rotatable bonds is 3. The minimum absolute atomic E-state index is 0.352. The molecule has 1 heterocycles. The lowest BCUT2D eigenvalue weighted by molar-refractivity contribution is 0.165. The first-order valence-corrected chi connectivity index (χ1v) is 7.52. The summed E-state index contributed by atoms with van der Waals surface area (Å²) in [5.41, 5.74) is 11.7. The van der Waals surface area contributed by atoms with Crippen LogP contribution in [0.2, 0.25) is 0 Å². The molecular weight excluding hydrogens is 232 g/mol. The van der Waals surface area contributed by atoms with Gasteiger partial charge < -0.3 is 5.73 Å². The molecule has 1 fully saturated rings. The predicted octanol–water partition coefficient (Wildman–Crippen LogP) is 3.17. The molecule has 2 nitrogen and oxygen atoms in total. The number of hydrogen-bond donors (Lipinski definition) is 1. The highest BCUT2D eigenvalue weighted by Gasteiger charge is 2.22. The zero-order valence-electron chi connectivity index (χ0n) is 12.9. The molecule has 1 aromatic rings. The Morgan fingerprint density at radius 2 is 1.68 bits per heavy atom. The largest absolute Gasteiger partial charge is 0.328 e. The maximum atomic E-state index is 6.01. The Hall–Kier alpha value is -0.860. The molecule has 0 spiro atoms. The first kappa shape index (κ1) is 14.5. The Morgan fingerprint density at radius 3 is 2.26 bits per heavy atom. The number of nitrogens with zero attached hydrogens (tertiary/aromatic N) is 1. The third-order valence-corrected chi connectivity index (χ3v) is 4.72. The molecule has 0 bridgehead atoms. The Kier molecular flexibility index (Phi) is 4.64. The van der Waals surface area contributed by atoms with Crippen LogP contribution in [-0.2, 0) is 6.54 Å². The van der Waals surface area contributed by atoms with E-state index in [1.54, 1.807) is 0 Å². The molecule has 106 valence electrons. The number of hydrogen-bond acceptors (Lipinski definition) is 2. The van der Waals surface area contributed by atoms with E-state index in [4.69, 9.17) is 5.73 Å². The van der Waals surface area contributed by atoms with Gasteiger partial charge in [-0.3, -0.25) is 4.90 Å². The second-order valence-corrected chi connectivity index (χ2v) is 6.34. The molecule has 1 aliphatic heterocycles. The topological polar surface area (TPSA) is 29.3 Å². The molecule has 1 aliphatic rings. The SMILES string of the molecule is Cc1cc(C)c(CN2CCC(C(C)N)CC2)cc1C. The van der Waals surface area contributed by atoms with Crippen LogP contribution in [0.4, 0.5) is 0 Å². The molecule has 2 rings (SSSR count). The molecule has 0 saturated carbocycles. The van der Waals surface area contributed by atoms with Gasteiger partial charge in [-0.25, -0.2) is 0 Å². The van der Waals surface area contributed by atoms with E-state index in [-0.39, 0.29) is 0 Å². The van der Waals surface area contributed by atoms with E-state index in [9.17, 15) is 0 Å². The summed E-state index contributed by atoms with van der Waals surface area (Å²) in [6, 6.07) is 5.03. The van der Waals surface area contributed by atoms with E-state index in [2.05, 4.69) is 44.7 Å². The second-order valence-electron chi connectivity index (χ2n) is 6.34. The van der Waals surface area contributed by atoms with Gasteiger partial charge in [0.15, 0.2) is 0 Å². The number of piperidine rings is 1. The van der Waals surface area contributed by atoms with Crippen molar-refractivity contribution in [3.8, 4) is 0 Å². The van der Waals surface area contributed by atoms with Gasteiger partial charge in [0.25, 0.3) is 0 Å². The van der Waals surface area contributed by atoms with Crippen molar-refractivity contribution in [3.63, 3.8) is 0 Å². The number of benzene rings is 1. The van der Waals surface area contributed by atoms with Crippen LogP contribution < -0.4 is 5.73 Å². The predicted molar refractivity (Wildman–Crippen MR) is 82.3 cm³/mol. The summed E-state index contributed by atoms with van der Waals surface area (Å²) in [5, 5.41) is 0. The van der Waals surface area contributed by atoms with Crippen LogP contribution in [0, 0.1) is 26.7 Å². The lowest BCUT2D eigenvalue weighted by Crippen LogP contribution is -2.39. The summed E-state index contributed by atoms with van der Waals surface area (Å²) in [6.07, 6.45) is 2.50. The van der Waals surface area contributed by atoms with Gasteiger partial charge in [-0.2, -0.15) is 0 Å². The lowest BCUT2D eigenvalue weighted by atomic mass is 9.90. The standard InChI is InChI=1S/C17H28N2/c1-12-9-14(3)17(10-13(12)2)11-19-7-5-16(6-8-19)15(4)18/h9-10,15-16H,5-8,11,18H2,1-4H3. The van der Waals surface area contributed by atoms with Crippen molar-refractivity contribution in [2.24, 2.45) is 11.7 Å². The van der Waals surface area contributed by atoms with Crippen LogP contribution in [0.25, 0.3) is 0 Å².